The number of esters is 1. The molecule has 0 unspecified atom stereocenters. The summed E-state index contributed by atoms with van der Waals surface area (Å²) >= 11 is 0. The number of ether oxygens (including phenoxy) is 2. The Balaban J connectivity index is 0.000000416. The Labute approximate surface area is 163 Å². The average Bonchev–Trinajstić information content (AvgIpc) is 2.67. The zero-order valence-electron chi connectivity index (χ0n) is 16.1. The lowest BCUT2D eigenvalue weighted by molar-refractivity contribution is -0.139. The lowest BCUT2D eigenvalue weighted by Gasteiger charge is -2.09. The molecule has 2 aromatic carbocycles. The van der Waals surface area contributed by atoms with Crippen LogP contribution in [0.2, 0.25) is 0 Å². The second kappa shape index (κ2) is 11.0. The van der Waals surface area contributed by atoms with Crippen molar-refractivity contribution in [2.75, 3.05) is 14.2 Å². The third kappa shape index (κ3) is 7.72. The molecule has 28 heavy (non-hydrogen) atoms. The second-order valence-corrected chi connectivity index (χ2v) is 5.86. The van der Waals surface area contributed by atoms with Gasteiger partial charge in [-0.15, -0.1) is 5.73 Å². The molecule has 0 spiro atoms. The first-order valence-corrected chi connectivity index (χ1v) is 8.41. The highest BCUT2D eigenvalue weighted by Gasteiger charge is 2.29. The molecule has 0 heterocycles. The van der Waals surface area contributed by atoms with Crippen LogP contribution in [-0.2, 0) is 22.4 Å². The van der Waals surface area contributed by atoms with Gasteiger partial charge in [0.05, 0.1) is 26.2 Å². The molecule has 0 amide bonds. The molecular weight excluding hydrogens is 369 g/mol. The van der Waals surface area contributed by atoms with Gasteiger partial charge in [-0.25, -0.2) is 0 Å². The van der Waals surface area contributed by atoms with Gasteiger partial charge >= 0.3 is 12.1 Å². The molecule has 0 aliphatic heterocycles. The summed E-state index contributed by atoms with van der Waals surface area (Å²) in [6, 6.07) is 15.9. The molecule has 0 bridgehead atoms. The predicted octanol–water partition coefficient (Wildman–Crippen LogP) is 5.28. The zero-order valence-corrected chi connectivity index (χ0v) is 16.1. The Morgan fingerprint density at radius 2 is 1.71 bits per heavy atom. The molecule has 0 aliphatic carbocycles. The summed E-state index contributed by atoms with van der Waals surface area (Å²) in [5.74, 6) is 0.658. The molecule has 2 aromatic rings. The summed E-state index contributed by atoms with van der Waals surface area (Å²) < 4.78 is 44.0. The van der Waals surface area contributed by atoms with Gasteiger partial charge in [-0.1, -0.05) is 49.0 Å². The van der Waals surface area contributed by atoms with Crippen molar-refractivity contribution in [1.82, 2.24) is 0 Å². The van der Waals surface area contributed by atoms with E-state index in [0.717, 1.165) is 35.8 Å². The van der Waals surface area contributed by atoms with E-state index < -0.39 is 11.7 Å². The van der Waals surface area contributed by atoms with Gasteiger partial charge in [0.15, 0.2) is 0 Å². The first kappa shape index (κ1) is 23.1. The van der Waals surface area contributed by atoms with Crippen molar-refractivity contribution >= 4 is 5.97 Å². The zero-order chi connectivity index (χ0) is 21.2. The van der Waals surface area contributed by atoms with E-state index >= 15 is 0 Å². The smallest absolute Gasteiger partial charge is 0.419 e. The van der Waals surface area contributed by atoms with Crippen molar-refractivity contribution in [2.45, 2.75) is 25.9 Å². The number of hydrogen-bond donors (Lipinski definition) is 0. The minimum atomic E-state index is -4.25. The first-order chi connectivity index (χ1) is 13.2. The summed E-state index contributed by atoms with van der Waals surface area (Å²) in [4.78, 5) is 11.3. The Morgan fingerprint density at radius 1 is 1.07 bits per heavy atom. The Bertz CT molecular complexity index is 835. The molecule has 150 valence electrons. The fraction of sp³-hybridized carbons (Fsp3) is 0.273. The number of rotatable bonds is 5. The van der Waals surface area contributed by atoms with Crippen LogP contribution in [0.3, 0.4) is 0 Å². The maximum absolute atomic E-state index is 11.3. The maximum Gasteiger partial charge on any atom is 0.419 e. The van der Waals surface area contributed by atoms with Crippen molar-refractivity contribution < 1.29 is 27.4 Å². The van der Waals surface area contributed by atoms with Gasteiger partial charge in [-0.2, -0.15) is 13.2 Å². The fourth-order valence-electron chi connectivity index (χ4n) is 2.26. The SMILES string of the molecule is C=C=C(C)C(F)(F)F.COC(=O)Cc1cccc(Cc2ccccc2OC)c1. The van der Waals surface area contributed by atoms with E-state index in [1.807, 2.05) is 48.5 Å². The molecule has 0 aromatic heterocycles. The number of para-hydroxylation sites is 1. The number of halogens is 3. The van der Waals surface area contributed by atoms with Gasteiger partial charge in [0.1, 0.15) is 5.75 Å². The Hall–Kier alpha value is -2.98. The van der Waals surface area contributed by atoms with Gasteiger partial charge in [0.25, 0.3) is 0 Å². The van der Waals surface area contributed by atoms with Crippen molar-refractivity contribution in [3.05, 3.63) is 83.1 Å². The maximum atomic E-state index is 11.3. The van der Waals surface area contributed by atoms with Crippen molar-refractivity contribution in [3.8, 4) is 5.75 Å². The van der Waals surface area contributed by atoms with Crippen LogP contribution in [0, 0.1) is 0 Å². The van der Waals surface area contributed by atoms with Crippen LogP contribution in [0.4, 0.5) is 13.2 Å². The third-order valence-corrected chi connectivity index (χ3v) is 3.84. The number of allylic oxidation sites excluding steroid dienone is 1. The number of carbonyl (C=O) groups is 1. The quantitative estimate of drug-likeness (QED) is 0.513. The van der Waals surface area contributed by atoms with Crippen LogP contribution in [0.15, 0.2) is 66.4 Å². The number of benzene rings is 2. The second-order valence-electron chi connectivity index (χ2n) is 5.86. The van der Waals surface area contributed by atoms with E-state index in [4.69, 9.17) is 4.74 Å². The van der Waals surface area contributed by atoms with Gasteiger partial charge in [0.2, 0.25) is 0 Å². The van der Waals surface area contributed by atoms with Crippen molar-refractivity contribution in [1.29, 1.82) is 0 Å². The summed E-state index contributed by atoms with van der Waals surface area (Å²) in [6.45, 7) is 3.77. The Kier molecular flexibility index (Phi) is 9.06. The topological polar surface area (TPSA) is 35.5 Å². The lowest BCUT2D eigenvalue weighted by Crippen LogP contribution is -2.07. The summed E-state index contributed by atoms with van der Waals surface area (Å²) in [6.07, 6.45) is -3.17. The first-order valence-electron chi connectivity index (χ1n) is 8.41. The van der Waals surface area contributed by atoms with E-state index in [1.165, 1.54) is 7.11 Å². The monoisotopic (exact) mass is 392 g/mol. The average molecular weight is 392 g/mol. The van der Waals surface area contributed by atoms with Crippen LogP contribution in [0.25, 0.3) is 0 Å². The molecular formula is C22H23F3O3. The molecule has 0 fully saturated rings. The highest BCUT2D eigenvalue weighted by Crippen LogP contribution is 2.23. The molecule has 0 atom stereocenters. The molecule has 0 saturated heterocycles. The molecule has 0 N–H and O–H groups in total. The molecule has 0 aliphatic rings. The summed E-state index contributed by atoms with van der Waals surface area (Å²) in [5.41, 5.74) is 4.21. The normalized spacial score (nSPS) is 10.2. The minimum Gasteiger partial charge on any atom is -0.496 e. The Morgan fingerprint density at radius 3 is 2.25 bits per heavy atom. The summed E-state index contributed by atoms with van der Waals surface area (Å²) in [7, 11) is 3.08. The standard InChI is InChI=1S/C17H18O3.C5H5F3/c1-19-16-9-4-3-8-15(16)11-13-6-5-7-14(10-13)12-17(18)20-2;1-3-4(2)5(6,7)8/h3-10H,11-12H2,1-2H3;1H2,2H3. The van der Waals surface area contributed by atoms with E-state index in [-0.39, 0.29) is 5.97 Å². The summed E-state index contributed by atoms with van der Waals surface area (Å²) in [5, 5.41) is 0. The van der Waals surface area contributed by atoms with Crippen LogP contribution >= 0.6 is 0 Å². The van der Waals surface area contributed by atoms with E-state index in [0.29, 0.717) is 6.42 Å². The van der Waals surface area contributed by atoms with Crippen LogP contribution in [-0.4, -0.2) is 26.4 Å². The van der Waals surface area contributed by atoms with Crippen LogP contribution < -0.4 is 4.74 Å². The minimum absolute atomic E-state index is 0.223. The molecule has 0 saturated carbocycles. The van der Waals surface area contributed by atoms with E-state index in [1.54, 1.807) is 12.8 Å². The van der Waals surface area contributed by atoms with Crippen molar-refractivity contribution in [3.63, 3.8) is 0 Å². The fourth-order valence-corrected chi connectivity index (χ4v) is 2.26. The lowest BCUT2D eigenvalue weighted by atomic mass is 10.0. The largest absolute Gasteiger partial charge is 0.496 e. The molecule has 3 nitrogen and oxygen atoms in total. The van der Waals surface area contributed by atoms with E-state index in [2.05, 4.69) is 11.3 Å². The van der Waals surface area contributed by atoms with Gasteiger partial charge in [-0.05, 0) is 29.7 Å². The third-order valence-electron chi connectivity index (χ3n) is 3.84. The highest BCUT2D eigenvalue weighted by atomic mass is 19.4. The molecule has 0 radical (unpaired) electrons. The van der Waals surface area contributed by atoms with Crippen LogP contribution in [0.1, 0.15) is 23.6 Å². The predicted molar refractivity (Wildman–Crippen MR) is 102 cm³/mol. The number of methoxy groups -OCH3 is 2. The molecule has 6 heteroatoms. The van der Waals surface area contributed by atoms with Crippen LogP contribution in [0.5, 0.6) is 5.75 Å². The number of hydrogen-bond acceptors (Lipinski definition) is 3. The van der Waals surface area contributed by atoms with Gasteiger partial charge in [0, 0.05) is 6.42 Å². The highest BCUT2D eigenvalue weighted by molar-refractivity contribution is 5.72. The van der Waals surface area contributed by atoms with Gasteiger partial charge < -0.3 is 9.47 Å². The van der Waals surface area contributed by atoms with E-state index in [9.17, 15) is 18.0 Å². The number of carbonyl (C=O) groups excluding carboxylic acids is 1. The molecule has 2 rings (SSSR count). The van der Waals surface area contributed by atoms with Crippen molar-refractivity contribution in [2.24, 2.45) is 0 Å². The van der Waals surface area contributed by atoms with Gasteiger partial charge in [-0.3, -0.25) is 4.79 Å². The number of alkyl halides is 3.